The van der Waals surface area contributed by atoms with E-state index in [0.717, 1.165) is 5.56 Å². The van der Waals surface area contributed by atoms with Gasteiger partial charge in [-0.05, 0) is 22.4 Å². The van der Waals surface area contributed by atoms with Gasteiger partial charge in [0.15, 0.2) is 0 Å². The van der Waals surface area contributed by atoms with Crippen molar-refractivity contribution >= 4 is 17.3 Å². The van der Waals surface area contributed by atoms with Crippen LogP contribution in [0.1, 0.15) is 5.56 Å². The molecule has 14 heavy (non-hydrogen) atoms. The molecule has 0 aromatic carbocycles. The molecule has 1 aromatic heterocycles. The van der Waals surface area contributed by atoms with Gasteiger partial charge < -0.3 is 5.11 Å². The highest BCUT2D eigenvalue weighted by molar-refractivity contribution is 7.07. The van der Waals surface area contributed by atoms with E-state index in [1.807, 2.05) is 21.7 Å². The maximum absolute atomic E-state index is 10.5. The van der Waals surface area contributed by atoms with Crippen LogP contribution in [0.5, 0.6) is 0 Å². The molecule has 3 nitrogen and oxygen atoms in total. The lowest BCUT2D eigenvalue weighted by Crippen LogP contribution is -2.29. The van der Waals surface area contributed by atoms with Crippen LogP contribution < -0.4 is 0 Å². The van der Waals surface area contributed by atoms with E-state index in [2.05, 4.69) is 6.58 Å². The monoisotopic (exact) mass is 211 g/mol. The predicted octanol–water partition coefficient (Wildman–Crippen LogP) is 1.82. The second kappa shape index (κ2) is 5.57. The second-order valence-corrected chi connectivity index (χ2v) is 3.76. The summed E-state index contributed by atoms with van der Waals surface area (Å²) in [6.45, 7) is 4.93. The maximum atomic E-state index is 10.5. The topological polar surface area (TPSA) is 40.5 Å². The highest BCUT2D eigenvalue weighted by Gasteiger charge is 2.08. The summed E-state index contributed by atoms with van der Waals surface area (Å²) in [7, 11) is 0. The summed E-state index contributed by atoms with van der Waals surface area (Å²) in [4.78, 5) is 12.4. The molecule has 1 rings (SSSR count). The molecule has 4 heteroatoms. The number of carboxylic acid groups (broad SMARTS) is 1. The third-order valence-electron chi connectivity index (χ3n) is 1.73. The Morgan fingerprint density at radius 3 is 3.00 bits per heavy atom. The van der Waals surface area contributed by atoms with Crippen molar-refractivity contribution in [3.63, 3.8) is 0 Å². The van der Waals surface area contributed by atoms with E-state index in [9.17, 15) is 4.79 Å². The average Bonchev–Trinajstić information content (AvgIpc) is 2.56. The molecule has 0 aliphatic carbocycles. The zero-order valence-electron chi connectivity index (χ0n) is 7.85. The summed E-state index contributed by atoms with van der Waals surface area (Å²) >= 11 is 1.62. The summed E-state index contributed by atoms with van der Waals surface area (Å²) < 4.78 is 0. The number of rotatable bonds is 6. The fourth-order valence-electron chi connectivity index (χ4n) is 1.20. The Morgan fingerprint density at radius 2 is 2.50 bits per heavy atom. The van der Waals surface area contributed by atoms with Crippen molar-refractivity contribution in [1.82, 2.24) is 4.90 Å². The molecular formula is C10H13NO2S. The normalized spacial score (nSPS) is 10.4. The highest BCUT2D eigenvalue weighted by Crippen LogP contribution is 2.09. The molecule has 1 N–H and O–H groups in total. The molecule has 0 radical (unpaired) electrons. The lowest BCUT2D eigenvalue weighted by atomic mass is 10.3. The molecule has 0 aliphatic heterocycles. The Morgan fingerprint density at radius 1 is 1.71 bits per heavy atom. The highest BCUT2D eigenvalue weighted by atomic mass is 32.1. The van der Waals surface area contributed by atoms with E-state index in [1.54, 1.807) is 17.4 Å². The molecule has 0 saturated carbocycles. The Bertz CT molecular complexity index is 295. The SMILES string of the molecule is C=CCN(CC(=O)O)Cc1ccsc1. The van der Waals surface area contributed by atoms with Crippen LogP contribution in [0, 0.1) is 0 Å². The number of hydrogen-bond acceptors (Lipinski definition) is 3. The lowest BCUT2D eigenvalue weighted by Gasteiger charge is -2.17. The number of aliphatic carboxylic acids is 1. The third kappa shape index (κ3) is 3.72. The minimum absolute atomic E-state index is 0.0574. The van der Waals surface area contributed by atoms with Gasteiger partial charge in [0, 0.05) is 13.1 Å². The first-order valence-corrected chi connectivity index (χ1v) is 5.22. The third-order valence-corrected chi connectivity index (χ3v) is 2.46. The number of carbonyl (C=O) groups is 1. The molecule has 0 saturated heterocycles. The maximum Gasteiger partial charge on any atom is 0.317 e. The van der Waals surface area contributed by atoms with Gasteiger partial charge >= 0.3 is 5.97 Å². The van der Waals surface area contributed by atoms with Crippen molar-refractivity contribution in [2.75, 3.05) is 13.1 Å². The zero-order valence-corrected chi connectivity index (χ0v) is 8.67. The summed E-state index contributed by atoms with van der Waals surface area (Å²) in [5.41, 5.74) is 1.15. The second-order valence-electron chi connectivity index (χ2n) is 2.98. The van der Waals surface area contributed by atoms with E-state index in [1.165, 1.54) is 0 Å². The molecular weight excluding hydrogens is 198 g/mol. The molecule has 1 heterocycles. The summed E-state index contributed by atoms with van der Waals surface area (Å²) in [6, 6.07) is 2.00. The van der Waals surface area contributed by atoms with Crippen LogP contribution in [0.25, 0.3) is 0 Å². The van der Waals surface area contributed by atoms with Gasteiger partial charge in [-0.2, -0.15) is 11.3 Å². The summed E-state index contributed by atoms with van der Waals surface area (Å²) in [5.74, 6) is -0.804. The molecule has 0 atom stereocenters. The van der Waals surface area contributed by atoms with E-state index in [4.69, 9.17) is 5.11 Å². The summed E-state index contributed by atoms with van der Waals surface area (Å²) in [6.07, 6.45) is 1.72. The van der Waals surface area contributed by atoms with E-state index in [-0.39, 0.29) is 6.54 Å². The van der Waals surface area contributed by atoms with E-state index < -0.39 is 5.97 Å². The van der Waals surface area contributed by atoms with Crippen molar-refractivity contribution in [1.29, 1.82) is 0 Å². The van der Waals surface area contributed by atoms with Crippen LogP contribution in [0.2, 0.25) is 0 Å². The molecule has 0 bridgehead atoms. The molecule has 0 amide bonds. The number of thiophene rings is 1. The Kier molecular flexibility index (Phi) is 4.35. The standard InChI is InChI=1S/C10H13NO2S/c1-2-4-11(7-10(12)13)6-9-3-5-14-8-9/h2-3,5,8H,1,4,6-7H2,(H,12,13). The van der Waals surface area contributed by atoms with Crippen LogP contribution in [-0.2, 0) is 11.3 Å². The molecule has 0 aliphatic rings. The first-order valence-electron chi connectivity index (χ1n) is 4.28. The number of nitrogens with zero attached hydrogens (tertiary/aromatic N) is 1. The minimum atomic E-state index is -0.804. The van der Waals surface area contributed by atoms with Crippen LogP contribution in [0.15, 0.2) is 29.5 Å². The largest absolute Gasteiger partial charge is 0.480 e. The van der Waals surface area contributed by atoms with Crippen LogP contribution in [0.4, 0.5) is 0 Å². The Hall–Kier alpha value is -1.13. The van der Waals surface area contributed by atoms with Crippen LogP contribution in [0.3, 0.4) is 0 Å². The number of hydrogen-bond donors (Lipinski definition) is 1. The Balaban J connectivity index is 2.50. The van der Waals surface area contributed by atoms with Crippen LogP contribution in [-0.4, -0.2) is 29.1 Å². The first kappa shape index (κ1) is 10.9. The van der Waals surface area contributed by atoms with Crippen molar-refractivity contribution in [3.8, 4) is 0 Å². The molecule has 0 fully saturated rings. The fourth-order valence-corrected chi connectivity index (χ4v) is 1.86. The van der Waals surface area contributed by atoms with Gasteiger partial charge in [-0.3, -0.25) is 9.69 Å². The van der Waals surface area contributed by atoms with Crippen molar-refractivity contribution in [3.05, 3.63) is 35.0 Å². The molecule has 0 spiro atoms. The predicted molar refractivity (Wildman–Crippen MR) is 57.4 cm³/mol. The van der Waals surface area contributed by atoms with Gasteiger partial charge in [-0.15, -0.1) is 6.58 Å². The molecule has 0 unspecified atom stereocenters. The van der Waals surface area contributed by atoms with Crippen molar-refractivity contribution in [2.45, 2.75) is 6.54 Å². The molecule has 1 aromatic rings. The van der Waals surface area contributed by atoms with Gasteiger partial charge in [0.1, 0.15) is 0 Å². The quantitative estimate of drug-likeness (QED) is 0.730. The molecule has 76 valence electrons. The van der Waals surface area contributed by atoms with Crippen molar-refractivity contribution in [2.24, 2.45) is 0 Å². The minimum Gasteiger partial charge on any atom is -0.480 e. The fraction of sp³-hybridized carbons (Fsp3) is 0.300. The van der Waals surface area contributed by atoms with Gasteiger partial charge in [0.2, 0.25) is 0 Å². The number of carboxylic acids is 1. The van der Waals surface area contributed by atoms with E-state index >= 15 is 0 Å². The van der Waals surface area contributed by atoms with Gasteiger partial charge in [-0.1, -0.05) is 6.08 Å². The van der Waals surface area contributed by atoms with Crippen LogP contribution >= 0.6 is 11.3 Å². The van der Waals surface area contributed by atoms with Crippen molar-refractivity contribution < 1.29 is 9.90 Å². The van der Waals surface area contributed by atoms with Gasteiger partial charge in [0.25, 0.3) is 0 Å². The lowest BCUT2D eigenvalue weighted by molar-refractivity contribution is -0.138. The Labute approximate surface area is 87.3 Å². The average molecular weight is 211 g/mol. The van der Waals surface area contributed by atoms with Gasteiger partial charge in [0.05, 0.1) is 6.54 Å². The summed E-state index contributed by atoms with van der Waals surface area (Å²) in [5, 5.41) is 12.7. The van der Waals surface area contributed by atoms with Gasteiger partial charge in [-0.25, -0.2) is 0 Å². The smallest absolute Gasteiger partial charge is 0.317 e. The van der Waals surface area contributed by atoms with E-state index in [0.29, 0.717) is 13.1 Å². The first-order chi connectivity index (χ1) is 6.72. The zero-order chi connectivity index (χ0) is 10.4.